The van der Waals surface area contributed by atoms with Crippen LogP contribution in [0.3, 0.4) is 0 Å². The first-order valence-corrected chi connectivity index (χ1v) is 10.5. The number of alkyl carbamates (subject to hydrolysis) is 1. The van der Waals surface area contributed by atoms with Gasteiger partial charge in [-0.05, 0) is 58.4 Å². The summed E-state index contributed by atoms with van der Waals surface area (Å²) < 4.78 is 11.8. The molecule has 5 heteroatoms. The maximum atomic E-state index is 12.2. The summed E-state index contributed by atoms with van der Waals surface area (Å²) in [6.07, 6.45) is -0.971. The van der Waals surface area contributed by atoms with E-state index in [-0.39, 0.29) is 5.54 Å². The fourth-order valence-corrected chi connectivity index (χ4v) is 3.82. The molecule has 0 saturated heterocycles. The normalized spacial score (nSPS) is 12.4. The van der Waals surface area contributed by atoms with E-state index in [0.29, 0.717) is 5.76 Å². The summed E-state index contributed by atoms with van der Waals surface area (Å²) in [6.45, 7) is 9.62. The number of carbonyl (C=O) groups is 1. The van der Waals surface area contributed by atoms with Gasteiger partial charge in [-0.2, -0.15) is 0 Å². The third-order valence-corrected chi connectivity index (χ3v) is 5.27. The van der Waals surface area contributed by atoms with Gasteiger partial charge in [-0.3, -0.25) is 0 Å². The van der Waals surface area contributed by atoms with Gasteiger partial charge in [0, 0.05) is 16.0 Å². The monoisotopic (exact) mass is 409 g/mol. The Bertz CT molecular complexity index is 973. The molecule has 1 aromatic heterocycles. The Balaban J connectivity index is 1.92. The standard InChI is InChI=1S/C24H27NO3S/c1-16-11-9-10-14-19(16)22-21(29-18-12-7-6-8-13-18)15-20(28-22)17(2)27-23(26)25-24(3,4)5/h6-15,17H,1-5H3,(H,25,26). The van der Waals surface area contributed by atoms with E-state index in [1.807, 2.05) is 70.2 Å². The summed E-state index contributed by atoms with van der Waals surface area (Å²) in [7, 11) is 0. The van der Waals surface area contributed by atoms with E-state index in [4.69, 9.17) is 9.15 Å². The first-order valence-electron chi connectivity index (χ1n) is 9.64. The number of furan rings is 1. The quantitative estimate of drug-likeness (QED) is 0.493. The summed E-state index contributed by atoms with van der Waals surface area (Å²) in [5, 5.41) is 2.81. The molecule has 1 unspecified atom stereocenters. The van der Waals surface area contributed by atoms with Crippen LogP contribution in [0, 0.1) is 6.92 Å². The highest BCUT2D eigenvalue weighted by molar-refractivity contribution is 7.99. The zero-order valence-electron chi connectivity index (χ0n) is 17.5. The molecule has 0 fully saturated rings. The molecule has 0 aliphatic carbocycles. The van der Waals surface area contributed by atoms with Crippen LogP contribution in [0.25, 0.3) is 11.3 Å². The Morgan fingerprint density at radius 2 is 1.72 bits per heavy atom. The van der Waals surface area contributed by atoms with Crippen LogP contribution in [0.5, 0.6) is 0 Å². The highest BCUT2D eigenvalue weighted by Gasteiger charge is 2.23. The van der Waals surface area contributed by atoms with Crippen molar-refractivity contribution in [3.05, 3.63) is 72.0 Å². The van der Waals surface area contributed by atoms with Gasteiger partial charge in [0.25, 0.3) is 0 Å². The lowest BCUT2D eigenvalue weighted by Gasteiger charge is -2.21. The molecule has 4 nitrogen and oxygen atoms in total. The van der Waals surface area contributed by atoms with Gasteiger partial charge in [0.2, 0.25) is 0 Å². The van der Waals surface area contributed by atoms with Crippen LogP contribution in [0.1, 0.15) is 45.1 Å². The lowest BCUT2D eigenvalue weighted by molar-refractivity contribution is 0.0891. The smallest absolute Gasteiger partial charge is 0.408 e. The molecule has 0 aliphatic heterocycles. The Morgan fingerprint density at radius 3 is 2.38 bits per heavy atom. The Kier molecular flexibility index (Phi) is 6.38. The van der Waals surface area contributed by atoms with Crippen molar-refractivity contribution in [2.24, 2.45) is 0 Å². The average molecular weight is 410 g/mol. The van der Waals surface area contributed by atoms with E-state index in [1.165, 1.54) is 0 Å². The zero-order valence-corrected chi connectivity index (χ0v) is 18.3. The Labute approximate surface area is 176 Å². The van der Waals surface area contributed by atoms with Gasteiger partial charge < -0.3 is 14.5 Å². The molecular weight excluding hydrogens is 382 g/mol. The lowest BCUT2D eigenvalue weighted by Crippen LogP contribution is -2.41. The van der Waals surface area contributed by atoms with E-state index in [2.05, 4.69) is 30.4 Å². The Hall–Kier alpha value is -2.66. The largest absolute Gasteiger partial charge is 0.456 e. The van der Waals surface area contributed by atoms with Crippen molar-refractivity contribution in [3.8, 4) is 11.3 Å². The first kappa shape index (κ1) is 21.1. The molecule has 1 atom stereocenters. The van der Waals surface area contributed by atoms with E-state index in [0.717, 1.165) is 26.7 Å². The van der Waals surface area contributed by atoms with Crippen molar-refractivity contribution in [3.63, 3.8) is 0 Å². The van der Waals surface area contributed by atoms with Crippen molar-refractivity contribution in [2.75, 3.05) is 0 Å². The van der Waals surface area contributed by atoms with Gasteiger partial charge >= 0.3 is 6.09 Å². The van der Waals surface area contributed by atoms with Crippen molar-refractivity contribution in [1.82, 2.24) is 5.32 Å². The van der Waals surface area contributed by atoms with Crippen molar-refractivity contribution < 1.29 is 13.9 Å². The summed E-state index contributed by atoms with van der Waals surface area (Å²) in [6, 6.07) is 20.2. The van der Waals surface area contributed by atoms with E-state index in [1.54, 1.807) is 11.8 Å². The number of rotatable bonds is 5. The van der Waals surface area contributed by atoms with E-state index >= 15 is 0 Å². The predicted molar refractivity (Wildman–Crippen MR) is 117 cm³/mol. The topological polar surface area (TPSA) is 51.5 Å². The van der Waals surface area contributed by atoms with Gasteiger partial charge in [0.15, 0.2) is 6.10 Å². The molecule has 0 saturated carbocycles. The number of ether oxygens (including phenoxy) is 1. The fourth-order valence-electron chi connectivity index (χ4n) is 2.85. The lowest BCUT2D eigenvalue weighted by atomic mass is 10.1. The van der Waals surface area contributed by atoms with Gasteiger partial charge in [-0.15, -0.1) is 0 Å². The van der Waals surface area contributed by atoms with E-state index in [9.17, 15) is 4.79 Å². The maximum Gasteiger partial charge on any atom is 0.408 e. The van der Waals surface area contributed by atoms with Crippen LogP contribution >= 0.6 is 11.8 Å². The van der Waals surface area contributed by atoms with Crippen LogP contribution in [0.2, 0.25) is 0 Å². The number of carbonyl (C=O) groups excluding carboxylic acids is 1. The molecule has 0 radical (unpaired) electrons. The number of hydrogen-bond donors (Lipinski definition) is 1. The van der Waals surface area contributed by atoms with Crippen molar-refractivity contribution in [1.29, 1.82) is 0 Å². The van der Waals surface area contributed by atoms with Gasteiger partial charge in [-0.25, -0.2) is 4.79 Å². The molecule has 2 aromatic carbocycles. The average Bonchev–Trinajstić information content (AvgIpc) is 3.05. The SMILES string of the molecule is Cc1ccccc1-c1oc(C(C)OC(=O)NC(C)(C)C)cc1Sc1ccccc1. The number of amides is 1. The van der Waals surface area contributed by atoms with Crippen LogP contribution in [-0.2, 0) is 4.74 Å². The first-order chi connectivity index (χ1) is 13.7. The van der Waals surface area contributed by atoms with Gasteiger partial charge in [-0.1, -0.05) is 54.2 Å². The summed E-state index contributed by atoms with van der Waals surface area (Å²) >= 11 is 1.64. The number of aryl methyl sites for hydroxylation is 1. The zero-order chi connectivity index (χ0) is 21.0. The summed E-state index contributed by atoms with van der Waals surface area (Å²) in [5.41, 5.74) is 1.80. The second-order valence-corrected chi connectivity index (χ2v) is 9.11. The molecule has 0 spiro atoms. The number of benzene rings is 2. The van der Waals surface area contributed by atoms with E-state index < -0.39 is 12.2 Å². The third-order valence-electron chi connectivity index (χ3n) is 4.24. The van der Waals surface area contributed by atoms with Crippen molar-refractivity contribution in [2.45, 2.75) is 56.1 Å². The highest BCUT2D eigenvalue weighted by Crippen LogP contribution is 2.41. The summed E-state index contributed by atoms with van der Waals surface area (Å²) in [4.78, 5) is 14.3. The molecule has 0 aliphatic rings. The van der Waals surface area contributed by atoms with Gasteiger partial charge in [0.05, 0.1) is 4.90 Å². The number of nitrogens with one attached hydrogen (secondary N) is 1. The molecule has 1 heterocycles. The maximum absolute atomic E-state index is 12.2. The van der Waals surface area contributed by atoms with Crippen LogP contribution in [0.4, 0.5) is 4.79 Å². The third kappa shape index (κ3) is 5.67. The molecule has 3 aromatic rings. The second kappa shape index (κ2) is 8.78. The molecule has 152 valence electrons. The summed E-state index contributed by atoms with van der Waals surface area (Å²) in [5.74, 6) is 1.41. The van der Waals surface area contributed by atoms with Crippen LogP contribution in [-0.4, -0.2) is 11.6 Å². The molecule has 1 amide bonds. The van der Waals surface area contributed by atoms with Crippen molar-refractivity contribution >= 4 is 17.9 Å². The molecular formula is C24H27NO3S. The Morgan fingerprint density at radius 1 is 1.07 bits per heavy atom. The molecule has 1 N–H and O–H groups in total. The minimum absolute atomic E-state index is 0.361. The second-order valence-electron chi connectivity index (χ2n) is 7.99. The molecule has 29 heavy (non-hydrogen) atoms. The van der Waals surface area contributed by atoms with Crippen LogP contribution in [0.15, 0.2) is 74.9 Å². The minimum atomic E-state index is -0.509. The van der Waals surface area contributed by atoms with Gasteiger partial charge in [0.1, 0.15) is 11.5 Å². The highest BCUT2D eigenvalue weighted by atomic mass is 32.2. The molecule has 0 bridgehead atoms. The fraction of sp³-hybridized carbons (Fsp3) is 0.292. The minimum Gasteiger partial charge on any atom is -0.456 e. The predicted octanol–water partition coefficient (Wildman–Crippen LogP) is 6.99. The molecule has 3 rings (SSSR count). The van der Waals surface area contributed by atoms with Crippen LogP contribution < -0.4 is 5.32 Å². The number of hydrogen-bond acceptors (Lipinski definition) is 4.